The highest BCUT2D eigenvalue weighted by Gasteiger charge is 2.07. The second-order valence-corrected chi connectivity index (χ2v) is 3.77. The van der Waals surface area contributed by atoms with E-state index in [1.807, 2.05) is 12.1 Å². The molecule has 0 N–H and O–H groups in total. The van der Waals surface area contributed by atoms with Crippen molar-refractivity contribution in [1.82, 2.24) is 10.2 Å². The molecule has 0 amide bonds. The molecule has 0 saturated carbocycles. The lowest BCUT2D eigenvalue weighted by Crippen LogP contribution is -1.82. The molecule has 16 heavy (non-hydrogen) atoms. The van der Waals surface area contributed by atoms with Crippen LogP contribution in [0, 0.1) is 6.92 Å². The molecule has 1 heterocycles. The van der Waals surface area contributed by atoms with Crippen molar-refractivity contribution in [1.29, 1.82) is 0 Å². The highest BCUT2D eigenvalue weighted by molar-refractivity contribution is 5.94. The van der Waals surface area contributed by atoms with Crippen LogP contribution < -0.4 is 0 Å². The van der Waals surface area contributed by atoms with Crippen molar-refractivity contribution in [2.45, 2.75) is 6.92 Å². The Bertz CT molecular complexity index is 629. The molecule has 0 fully saturated rings. The van der Waals surface area contributed by atoms with Crippen LogP contribution in [0.5, 0.6) is 0 Å². The molecular weight excluding hydrogens is 200 g/mol. The quantitative estimate of drug-likeness (QED) is 0.619. The maximum Gasteiger partial charge on any atom is 0.248 e. The van der Waals surface area contributed by atoms with Gasteiger partial charge in [0.1, 0.15) is 0 Å². The molecule has 3 heteroatoms. The fourth-order valence-corrected chi connectivity index (χ4v) is 1.88. The fourth-order valence-electron chi connectivity index (χ4n) is 1.88. The van der Waals surface area contributed by atoms with Gasteiger partial charge < -0.3 is 4.42 Å². The van der Waals surface area contributed by atoms with Gasteiger partial charge in [0.25, 0.3) is 0 Å². The summed E-state index contributed by atoms with van der Waals surface area (Å²) in [4.78, 5) is 0. The van der Waals surface area contributed by atoms with E-state index in [0.29, 0.717) is 5.89 Å². The maximum atomic E-state index is 5.24. The zero-order chi connectivity index (χ0) is 11.0. The van der Waals surface area contributed by atoms with E-state index in [-0.39, 0.29) is 0 Å². The highest BCUT2D eigenvalue weighted by Crippen LogP contribution is 2.27. The average molecular weight is 210 g/mol. The first-order chi connectivity index (χ1) is 7.84. The van der Waals surface area contributed by atoms with E-state index in [0.717, 1.165) is 10.9 Å². The molecule has 1 aromatic heterocycles. The van der Waals surface area contributed by atoms with Crippen LogP contribution in [0.25, 0.3) is 22.2 Å². The summed E-state index contributed by atoms with van der Waals surface area (Å²) in [6, 6.07) is 12.4. The second kappa shape index (κ2) is 3.45. The predicted octanol–water partition coefficient (Wildman–Crippen LogP) is 3.20. The summed E-state index contributed by atoms with van der Waals surface area (Å²) in [5, 5.41) is 9.98. The minimum atomic E-state index is 0.564. The van der Waals surface area contributed by atoms with Gasteiger partial charge in [0.2, 0.25) is 12.3 Å². The number of rotatable bonds is 1. The van der Waals surface area contributed by atoms with Gasteiger partial charge in [-0.15, -0.1) is 10.2 Å². The van der Waals surface area contributed by atoms with E-state index in [9.17, 15) is 0 Å². The van der Waals surface area contributed by atoms with E-state index >= 15 is 0 Å². The van der Waals surface area contributed by atoms with Gasteiger partial charge in [0, 0.05) is 5.56 Å². The lowest BCUT2D eigenvalue weighted by Gasteiger charge is -2.03. The summed E-state index contributed by atoms with van der Waals surface area (Å²) < 4.78 is 5.24. The van der Waals surface area contributed by atoms with Crippen LogP contribution in [0.4, 0.5) is 0 Å². The number of fused-ring (bicyclic) bond motifs is 1. The standard InChI is InChI=1S/C13H10N2O/c1-9-5-6-11-10(7-9)3-2-4-12(11)13-15-14-8-16-13/h2-8H,1H3. The van der Waals surface area contributed by atoms with Gasteiger partial charge in [-0.2, -0.15) is 0 Å². The third-order valence-electron chi connectivity index (χ3n) is 2.63. The summed E-state index contributed by atoms with van der Waals surface area (Å²) in [7, 11) is 0. The number of aryl methyl sites for hydroxylation is 1. The monoisotopic (exact) mass is 210 g/mol. The topological polar surface area (TPSA) is 38.9 Å². The van der Waals surface area contributed by atoms with Crippen LogP contribution in [-0.4, -0.2) is 10.2 Å². The number of benzene rings is 2. The number of hydrogen-bond donors (Lipinski definition) is 0. The van der Waals surface area contributed by atoms with E-state index in [1.165, 1.54) is 17.3 Å². The Kier molecular flexibility index (Phi) is 1.96. The first-order valence-electron chi connectivity index (χ1n) is 5.10. The van der Waals surface area contributed by atoms with Gasteiger partial charge in [0.15, 0.2) is 0 Å². The maximum absolute atomic E-state index is 5.24. The smallest absolute Gasteiger partial charge is 0.248 e. The minimum absolute atomic E-state index is 0.564. The van der Waals surface area contributed by atoms with Gasteiger partial charge in [0.05, 0.1) is 0 Å². The Labute approximate surface area is 92.7 Å². The predicted molar refractivity (Wildman–Crippen MR) is 62.0 cm³/mol. The van der Waals surface area contributed by atoms with Crippen LogP contribution in [0.3, 0.4) is 0 Å². The van der Waals surface area contributed by atoms with Crippen LogP contribution in [0.2, 0.25) is 0 Å². The molecule has 3 rings (SSSR count). The number of hydrogen-bond acceptors (Lipinski definition) is 3. The third kappa shape index (κ3) is 1.37. The zero-order valence-electron chi connectivity index (χ0n) is 8.84. The lowest BCUT2D eigenvalue weighted by atomic mass is 10.0. The normalized spacial score (nSPS) is 10.8. The van der Waals surface area contributed by atoms with E-state index in [4.69, 9.17) is 4.42 Å². The van der Waals surface area contributed by atoms with E-state index < -0.39 is 0 Å². The van der Waals surface area contributed by atoms with Crippen molar-refractivity contribution in [2.24, 2.45) is 0 Å². The molecular formula is C13H10N2O. The van der Waals surface area contributed by atoms with Gasteiger partial charge in [-0.1, -0.05) is 35.9 Å². The van der Waals surface area contributed by atoms with E-state index in [1.54, 1.807) is 0 Å². The first kappa shape index (κ1) is 9.09. The van der Waals surface area contributed by atoms with Crippen molar-refractivity contribution < 1.29 is 4.42 Å². The summed E-state index contributed by atoms with van der Waals surface area (Å²) in [6.45, 7) is 2.08. The molecule has 2 aromatic carbocycles. The van der Waals surface area contributed by atoms with Gasteiger partial charge in [-0.25, -0.2) is 0 Å². The van der Waals surface area contributed by atoms with Crippen molar-refractivity contribution in [2.75, 3.05) is 0 Å². The zero-order valence-corrected chi connectivity index (χ0v) is 8.84. The Morgan fingerprint density at radius 2 is 2.06 bits per heavy atom. The Morgan fingerprint density at radius 1 is 1.12 bits per heavy atom. The number of aromatic nitrogens is 2. The molecule has 0 radical (unpaired) electrons. The fraction of sp³-hybridized carbons (Fsp3) is 0.0769. The summed E-state index contributed by atoms with van der Waals surface area (Å²) in [6.07, 6.45) is 1.35. The van der Waals surface area contributed by atoms with Crippen LogP contribution >= 0.6 is 0 Å². The SMILES string of the molecule is Cc1ccc2c(-c3nnco3)cccc2c1. The minimum Gasteiger partial charge on any atom is -0.423 e. The molecule has 0 aliphatic heterocycles. The Hall–Kier alpha value is -2.16. The van der Waals surface area contributed by atoms with Crippen LogP contribution in [-0.2, 0) is 0 Å². The molecule has 0 aliphatic rings. The van der Waals surface area contributed by atoms with Crippen LogP contribution in [0.15, 0.2) is 47.2 Å². The Morgan fingerprint density at radius 3 is 2.88 bits per heavy atom. The molecule has 0 spiro atoms. The van der Waals surface area contributed by atoms with Crippen LogP contribution in [0.1, 0.15) is 5.56 Å². The molecule has 0 bridgehead atoms. The van der Waals surface area contributed by atoms with Gasteiger partial charge >= 0.3 is 0 Å². The molecule has 3 aromatic rings. The lowest BCUT2D eigenvalue weighted by molar-refractivity contribution is 0.569. The van der Waals surface area contributed by atoms with E-state index in [2.05, 4.69) is 41.4 Å². The molecule has 0 atom stereocenters. The molecule has 0 unspecified atom stereocenters. The average Bonchev–Trinajstić information content (AvgIpc) is 2.81. The largest absolute Gasteiger partial charge is 0.423 e. The number of nitrogens with zero attached hydrogens (tertiary/aromatic N) is 2. The molecule has 3 nitrogen and oxygen atoms in total. The molecule has 78 valence electrons. The third-order valence-corrected chi connectivity index (χ3v) is 2.63. The molecule has 0 saturated heterocycles. The van der Waals surface area contributed by atoms with Crippen molar-refractivity contribution in [3.05, 3.63) is 48.4 Å². The summed E-state index contributed by atoms with van der Waals surface area (Å²) in [5.41, 5.74) is 2.23. The van der Waals surface area contributed by atoms with Crippen molar-refractivity contribution in [3.63, 3.8) is 0 Å². The summed E-state index contributed by atoms with van der Waals surface area (Å²) in [5.74, 6) is 0.564. The second-order valence-electron chi connectivity index (χ2n) is 3.77. The van der Waals surface area contributed by atoms with Crippen molar-refractivity contribution >= 4 is 10.8 Å². The Balaban J connectivity index is 2.34. The van der Waals surface area contributed by atoms with Crippen molar-refractivity contribution in [3.8, 4) is 11.5 Å². The summed E-state index contributed by atoms with van der Waals surface area (Å²) >= 11 is 0. The molecule has 0 aliphatic carbocycles. The first-order valence-corrected chi connectivity index (χ1v) is 5.10. The highest BCUT2D eigenvalue weighted by atomic mass is 16.4. The van der Waals surface area contributed by atoms with Gasteiger partial charge in [-0.3, -0.25) is 0 Å². The van der Waals surface area contributed by atoms with Gasteiger partial charge in [-0.05, 0) is 23.8 Å².